The third-order valence-electron chi connectivity index (χ3n) is 2.68. The van der Waals surface area contributed by atoms with Gasteiger partial charge in [-0.05, 0) is 24.1 Å². The summed E-state index contributed by atoms with van der Waals surface area (Å²) in [7, 11) is 0. The summed E-state index contributed by atoms with van der Waals surface area (Å²) in [5.41, 5.74) is 7.27. The lowest BCUT2D eigenvalue weighted by Gasteiger charge is -2.01. The largest absolute Gasteiger partial charge is 0.393 e. The first-order valence-electron chi connectivity index (χ1n) is 5.43. The number of halogens is 1. The van der Waals surface area contributed by atoms with Crippen molar-refractivity contribution >= 4 is 5.69 Å². The van der Waals surface area contributed by atoms with E-state index in [-0.39, 0.29) is 17.1 Å². The smallest absolute Gasteiger partial charge is 0.290 e. The van der Waals surface area contributed by atoms with E-state index in [4.69, 9.17) is 5.73 Å². The van der Waals surface area contributed by atoms with Crippen LogP contribution in [0.2, 0.25) is 0 Å². The SMILES string of the molecule is CCc1[nH]n(Cc2ccc(F)cc2)c(=O)c1N. The summed E-state index contributed by atoms with van der Waals surface area (Å²) in [6.07, 6.45) is 0.678. The van der Waals surface area contributed by atoms with Gasteiger partial charge in [-0.1, -0.05) is 19.1 Å². The number of rotatable bonds is 3. The molecule has 0 aliphatic carbocycles. The Hall–Kier alpha value is -2.04. The van der Waals surface area contributed by atoms with E-state index in [1.54, 1.807) is 12.1 Å². The van der Waals surface area contributed by atoms with Crippen molar-refractivity contribution in [2.24, 2.45) is 0 Å². The van der Waals surface area contributed by atoms with E-state index in [2.05, 4.69) is 5.10 Å². The first kappa shape index (κ1) is 11.4. The Labute approximate surface area is 97.9 Å². The van der Waals surface area contributed by atoms with Crippen LogP contribution in [0.3, 0.4) is 0 Å². The average Bonchev–Trinajstić information content (AvgIpc) is 2.60. The molecule has 0 fully saturated rings. The minimum atomic E-state index is -0.290. The van der Waals surface area contributed by atoms with Crippen LogP contribution in [0.25, 0.3) is 0 Å². The van der Waals surface area contributed by atoms with Gasteiger partial charge in [0, 0.05) is 0 Å². The standard InChI is InChI=1S/C12H14FN3O/c1-2-10-11(14)12(17)16(15-10)7-8-3-5-9(13)6-4-8/h3-6,15H,2,7,14H2,1H3. The molecule has 90 valence electrons. The van der Waals surface area contributed by atoms with Gasteiger partial charge >= 0.3 is 0 Å². The third kappa shape index (κ3) is 2.22. The lowest BCUT2D eigenvalue weighted by atomic mass is 10.2. The Balaban J connectivity index is 2.30. The van der Waals surface area contributed by atoms with Crippen molar-refractivity contribution < 1.29 is 4.39 Å². The van der Waals surface area contributed by atoms with Gasteiger partial charge in [-0.15, -0.1) is 0 Å². The fraction of sp³-hybridized carbons (Fsp3) is 0.250. The number of aromatic nitrogens is 2. The second-order valence-corrected chi connectivity index (χ2v) is 3.88. The topological polar surface area (TPSA) is 63.8 Å². The van der Waals surface area contributed by atoms with Gasteiger partial charge in [0.05, 0.1) is 12.2 Å². The number of hydrogen-bond acceptors (Lipinski definition) is 2. The number of nitrogens with one attached hydrogen (secondary N) is 1. The van der Waals surface area contributed by atoms with Gasteiger partial charge < -0.3 is 5.73 Å². The van der Waals surface area contributed by atoms with Crippen LogP contribution in [0.5, 0.6) is 0 Å². The molecule has 17 heavy (non-hydrogen) atoms. The minimum Gasteiger partial charge on any atom is -0.393 e. The van der Waals surface area contributed by atoms with E-state index in [0.717, 1.165) is 11.3 Å². The molecule has 1 aromatic heterocycles. The summed E-state index contributed by atoms with van der Waals surface area (Å²) in [4.78, 5) is 11.8. The Morgan fingerprint density at radius 1 is 1.35 bits per heavy atom. The number of nitrogens with zero attached hydrogens (tertiary/aromatic N) is 1. The van der Waals surface area contributed by atoms with E-state index >= 15 is 0 Å². The molecule has 0 aliphatic rings. The number of nitrogens with two attached hydrogens (primary N) is 1. The van der Waals surface area contributed by atoms with Crippen LogP contribution in [-0.4, -0.2) is 9.78 Å². The zero-order chi connectivity index (χ0) is 12.4. The Morgan fingerprint density at radius 3 is 2.53 bits per heavy atom. The van der Waals surface area contributed by atoms with Crippen molar-refractivity contribution in [1.29, 1.82) is 0 Å². The van der Waals surface area contributed by atoms with E-state index < -0.39 is 0 Å². The van der Waals surface area contributed by atoms with Gasteiger partial charge in [0.1, 0.15) is 11.5 Å². The first-order valence-corrected chi connectivity index (χ1v) is 5.43. The van der Waals surface area contributed by atoms with Gasteiger partial charge in [0.25, 0.3) is 5.56 Å². The molecule has 4 nitrogen and oxygen atoms in total. The maximum absolute atomic E-state index is 12.7. The number of anilines is 1. The lowest BCUT2D eigenvalue weighted by molar-refractivity contribution is 0.622. The van der Waals surface area contributed by atoms with Crippen molar-refractivity contribution in [2.75, 3.05) is 5.73 Å². The average molecular weight is 235 g/mol. The number of aromatic amines is 1. The molecule has 0 amide bonds. The van der Waals surface area contributed by atoms with Gasteiger partial charge in [0.15, 0.2) is 0 Å². The maximum Gasteiger partial charge on any atom is 0.290 e. The van der Waals surface area contributed by atoms with Crippen molar-refractivity contribution in [3.05, 3.63) is 51.7 Å². The normalized spacial score (nSPS) is 10.7. The van der Waals surface area contributed by atoms with E-state index in [1.165, 1.54) is 16.8 Å². The van der Waals surface area contributed by atoms with E-state index in [9.17, 15) is 9.18 Å². The summed E-state index contributed by atoms with van der Waals surface area (Å²) < 4.78 is 14.2. The molecule has 0 unspecified atom stereocenters. The van der Waals surface area contributed by atoms with Crippen LogP contribution >= 0.6 is 0 Å². The highest BCUT2D eigenvalue weighted by Crippen LogP contribution is 2.07. The molecule has 0 spiro atoms. The number of nitrogen functional groups attached to an aromatic ring is 1. The Kier molecular flexibility index (Phi) is 2.99. The van der Waals surface area contributed by atoms with E-state index in [0.29, 0.717) is 13.0 Å². The van der Waals surface area contributed by atoms with Crippen LogP contribution in [0, 0.1) is 5.82 Å². The molecule has 1 aromatic carbocycles. The Bertz CT molecular complexity index is 568. The molecule has 1 heterocycles. The third-order valence-corrected chi connectivity index (χ3v) is 2.68. The van der Waals surface area contributed by atoms with Crippen LogP contribution in [-0.2, 0) is 13.0 Å². The molecule has 0 radical (unpaired) electrons. The van der Waals surface area contributed by atoms with Crippen LogP contribution < -0.4 is 11.3 Å². The Morgan fingerprint density at radius 2 is 2.00 bits per heavy atom. The quantitative estimate of drug-likeness (QED) is 0.847. The molecule has 2 aromatic rings. The predicted molar refractivity (Wildman–Crippen MR) is 64.3 cm³/mol. The van der Waals surface area contributed by atoms with Crippen molar-refractivity contribution in [1.82, 2.24) is 9.78 Å². The summed E-state index contributed by atoms with van der Waals surface area (Å²) >= 11 is 0. The summed E-state index contributed by atoms with van der Waals surface area (Å²) in [5, 5.41) is 2.95. The number of hydrogen-bond donors (Lipinski definition) is 2. The molecule has 0 bridgehead atoms. The number of aryl methyl sites for hydroxylation is 1. The molecular weight excluding hydrogens is 221 g/mol. The fourth-order valence-electron chi connectivity index (χ4n) is 1.70. The second kappa shape index (κ2) is 4.45. The van der Waals surface area contributed by atoms with Gasteiger partial charge in [-0.2, -0.15) is 0 Å². The highest BCUT2D eigenvalue weighted by molar-refractivity contribution is 5.40. The van der Waals surface area contributed by atoms with Gasteiger partial charge in [0.2, 0.25) is 0 Å². The monoisotopic (exact) mass is 235 g/mol. The number of benzene rings is 1. The summed E-state index contributed by atoms with van der Waals surface area (Å²) in [6, 6.07) is 6.02. The molecule has 0 aliphatic heterocycles. The molecule has 3 N–H and O–H groups in total. The minimum absolute atomic E-state index is 0.230. The summed E-state index contributed by atoms with van der Waals surface area (Å²) in [6.45, 7) is 2.28. The first-order chi connectivity index (χ1) is 8.11. The van der Waals surface area contributed by atoms with Crippen LogP contribution in [0.4, 0.5) is 10.1 Å². The molecule has 0 saturated carbocycles. The molecule has 0 atom stereocenters. The predicted octanol–water partition coefficient (Wildman–Crippen LogP) is 1.51. The molecular formula is C12H14FN3O. The number of H-pyrrole nitrogens is 1. The zero-order valence-electron chi connectivity index (χ0n) is 9.53. The summed E-state index contributed by atoms with van der Waals surface area (Å²) in [5.74, 6) is -0.290. The van der Waals surface area contributed by atoms with Gasteiger partial charge in [-0.25, -0.2) is 9.07 Å². The van der Waals surface area contributed by atoms with Crippen molar-refractivity contribution in [3.63, 3.8) is 0 Å². The van der Waals surface area contributed by atoms with Crippen molar-refractivity contribution in [3.8, 4) is 0 Å². The van der Waals surface area contributed by atoms with Gasteiger partial charge in [-0.3, -0.25) is 9.89 Å². The van der Waals surface area contributed by atoms with E-state index in [1.807, 2.05) is 6.92 Å². The van der Waals surface area contributed by atoms with Crippen LogP contribution in [0.15, 0.2) is 29.1 Å². The molecule has 5 heteroatoms. The fourth-order valence-corrected chi connectivity index (χ4v) is 1.70. The lowest BCUT2D eigenvalue weighted by Crippen LogP contribution is -2.19. The van der Waals surface area contributed by atoms with Crippen LogP contribution in [0.1, 0.15) is 18.2 Å². The highest BCUT2D eigenvalue weighted by Gasteiger charge is 2.09. The maximum atomic E-state index is 12.7. The zero-order valence-corrected chi connectivity index (χ0v) is 9.53. The van der Waals surface area contributed by atoms with Crippen molar-refractivity contribution in [2.45, 2.75) is 19.9 Å². The highest BCUT2D eigenvalue weighted by atomic mass is 19.1. The molecule has 0 saturated heterocycles. The second-order valence-electron chi connectivity index (χ2n) is 3.88. The molecule has 2 rings (SSSR count).